The van der Waals surface area contributed by atoms with Crippen molar-refractivity contribution in [3.63, 3.8) is 0 Å². The maximum atomic E-state index is 11.5. The highest BCUT2D eigenvalue weighted by atomic mass is 32.2. The lowest BCUT2D eigenvalue weighted by Crippen LogP contribution is -2.32. The van der Waals surface area contributed by atoms with Crippen LogP contribution in [0.5, 0.6) is 0 Å². The van der Waals surface area contributed by atoms with E-state index < -0.39 is 9.84 Å². The van der Waals surface area contributed by atoms with Crippen LogP contribution < -0.4 is 5.32 Å². The number of aromatic amines is 1. The number of hydrogen-bond acceptors (Lipinski definition) is 4. The van der Waals surface area contributed by atoms with Crippen LogP contribution in [0, 0.1) is 6.92 Å². The van der Waals surface area contributed by atoms with Gasteiger partial charge in [-0.15, -0.1) is 0 Å². The number of fused-ring (bicyclic) bond motifs is 1. The van der Waals surface area contributed by atoms with Gasteiger partial charge in [0.05, 0.1) is 35.4 Å². The maximum Gasteiger partial charge on any atom is 0.151 e. The number of benzene rings is 1. The van der Waals surface area contributed by atoms with Crippen molar-refractivity contribution in [2.24, 2.45) is 0 Å². The smallest absolute Gasteiger partial charge is 0.151 e. The molecule has 132 valence electrons. The number of para-hydroxylation sites is 1. The summed E-state index contributed by atoms with van der Waals surface area (Å²) in [5, 5.41) is 4.58. The van der Waals surface area contributed by atoms with E-state index >= 15 is 0 Å². The Labute approximate surface area is 147 Å². The second-order valence-electron chi connectivity index (χ2n) is 6.70. The molecule has 1 aliphatic heterocycles. The first-order chi connectivity index (χ1) is 12.0. The third-order valence-electron chi connectivity index (χ3n) is 4.95. The van der Waals surface area contributed by atoms with Gasteiger partial charge in [-0.25, -0.2) is 13.4 Å². The fraction of sp³-hybridized carbons (Fsp3) is 0.389. The van der Waals surface area contributed by atoms with E-state index in [-0.39, 0.29) is 11.8 Å². The number of imidazole rings is 1. The SMILES string of the molecule is Cc1c(-c2cncn2CCN[C@H]2CCS(=O)(=O)C2)[nH]c2ccccc12. The molecule has 0 spiro atoms. The van der Waals surface area contributed by atoms with E-state index in [9.17, 15) is 8.42 Å². The van der Waals surface area contributed by atoms with Gasteiger partial charge in [0, 0.05) is 30.0 Å². The lowest BCUT2D eigenvalue weighted by atomic mass is 10.1. The molecule has 1 atom stereocenters. The van der Waals surface area contributed by atoms with Crippen molar-refractivity contribution < 1.29 is 8.42 Å². The zero-order valence-corrected chi connectivity index (χ0v) is 15.0. The van der Waals surface area contributed by atoms with E-state index in [1.807, 2.05) is 24.7 Å². The van der Waals surface area contributed by atoms with Gasteiger partial charge >= 0.3 is 0 Å². The summed E-state index contributed by atoms with van der Waals surface area (Å²) in [7, 11) is -2.84. The van der Waals surface area contributed by atoms with Gasteiger partial charge in [0.2, 0.25) is 0 Å². The summed E-state index contributed by atoms with van der Waals surface area (Å²) in [6.45, 7) is 3.59. The first kappa shape index (κ1) is 16.4. The summed E-state index contributed by atoms with van der Waals surface area (Å²) in [5.41, 5.74) is 4.47. The molecule has 4 rings (SSSR count). The lowest BCUT2D eigenvalue weighted by Gasteiger charge is -2.12. The standard InChI is InChI=1S/C18H22N4O2S/c1-13-15-4-2-3-5-16(15)21-18(13)17-10-19-12-22(17)8-7-20-14-6-9-25(23,24)11-14/h2-5,10,12,14,20-21H,6-9,11H2,1H3/t14-/m0/s1. The van der Waals surface area contributed by atoms with Crippen LogP contribution in [0.15, 0.2) is 36.8 Å². The summed E-state index contributed by atoms with van der Waals surface area (Å²) >= 11 is 0. The van der Waals surface area contributed by atoms with Crippen LogP contribution in [-0.2, 0) is 16.4 Å². The predicted molar refractivity (Wildman–Crippen MR) is 99.3 cm³/mol. The average Bonchev–Trinajstić information content (AvgIpc) is 3.26. The van der Waals surface area contributed by atoms with Crippen LogP contribution in [0.1, 0.15) is 12.0 Å². The van der Waals surface area contributed by atoms with Gasteiger partial charge in [-0.2, -0.15) is 0 Å². The molecule has 0 unspecified atom stereocenters. The zero-order valence-electron chi connectivity index (χ0n) is 14.2. The fourth-order valence-corrected chi connectivity index (χ4v) is 5.30. The number of sulfone groups is 1. The van der Waals surface area contributed by atoms with E-state index in [1.165, 1.54) is 10.9 Å². The Hall–Kier alpha value is -2.12. The van der Waals surface area contributed by atoms with Crippen molar-refractivity contribution in [2.45, 2.75) is 25.9 Å². The second kappa shape index (κ2) is 6.31. The van der Waals surface area contributed by atoms with E-state index in [0.717, 1.165) is 30.0 Å². The highest BCUT2D eigenvalue weighted by molar-refractivity contribution is 7.91. The van der Waals surface area contributed by atoms with Crippen LogP contribution in [0.3, 0.4) is 0 Å². The van der Waals surface area contributed by atoms with Gasteiger partial charge in [-0.1, -0.05) is 18.2 Å². The molecule has 25 heavy (non-hydrogen) atoms. The van der Waals surface area contributed by atoms with Gasteiger partial charge in [-0.05, 0) is 25.0 Å². The fourth-order valence-electron chi connectivity index (χ4n) is 3.59. The molecule has 0 saturated carbocycles. The van der Waals surface area contributed by atoms with Crippen molar-refractivity contribution >= 4 is 20.7 Å². The molecule has 6 nitrogen and oxygen atoms in total. The van der Waals surface area contributed by atoms with E-state index in [2.05, 4.69) is 38.9 Å². The van der Waals surface area contributed by atoms with Crippen LogP contribution >= 0.6 is 0 Å². The predicted octanol–water partition coefficient (Wildman–Crippen LogP) is 2.12. The molecule has 0 bridgehead atoms. The number of nitrogens with zero attached hydrogens (tertiary/aromatic N) is 2. The molecule has 7 heteroatoms. The topological polar surface area (TPSA) is 79.8 Å². The number of hydrogen-bond donors (Lipinski definition) is 2. The molecular formula is C18H22N4O2S. The number of aromatic nitrogens is 3. The van der Waals surface area contributed by atoms with E-state index in [0.29, 0.717) is 12.2 Å². The number of rotatable bonds is 5. The summed E-state index contributed by atoms with van der Waals surface area (Å²) in [6.07, 6.45) is 4.41. The third kappa shape index (κ3) is 3.21. The molecule has 3 heterocycles. The van der Waals surface area contributed by atoms with Crippen LogP contribution in [0.4, 0.5) is 0 Å². The largest absolute Gasteiger partial charge is 0.353 e. The van der Waals surface area contributed by atoms with Crippen molar-refractivity contribution in [2.75, 3.05) is 18.1 Å². The van der Waals surface area contributed by atoms with Gasteiger partial charge in [0.15, 0.2) is 9.84 Å². The Morgan fingerprint density at radius 2 is 2.20 bits per heavy atom. The number of aryl methyl sites for hydroxylation is 1. The highest BCUT2D eigenvalue weighted by Crippen LogP contribution is 2.29. The maximum absolute atomic E-state index is 11.5. The quantitative estimate of drug-likeness (QED) is 0.732. The first-order valence-corrected chi connectivity index (χ1v) is 10.4. The van der Waals surface area contributed by atoms with Gasteiger partial charge in [-0.3, -0.25) is 0 Å². The summed E-state index contributed by atoms with van der Waals surface area (Å²) in [6, 6.07) is 8.34. The second-order valence-corrected chi connectivity index (χ2v) is 8.93. The number of nitrogens with one attached hydrogen (secondary N) is 2. The molecule has 1 fully saturated rings. The summed E-state index contributed by atoms with van der Waals surface area (Å²) in [4.78, 5) is 7.79. The molecule has 0 radical (unpaired) electrons. The van der Waals surface area contributed by atoms with Crippen LogP contribution in [-0.4, -0.2) is 47.0 Å². The molecular weight excluding hydrogens is 336 g/mol. The van der Waals surface area contributed by atoms with Crippen molar-refractivity contribution in [3.8, 4) is 11.4 Å². The Kier molecular flexibility index (Phi) is 4.13. The molecule has 0 aliphatic carbocycles. The van der Waals surface area contributed by atoms with Gasteiger partial charge in [0.25, 0.3) is 0 Å². The molecule has 2 N–H and O–H groups in total. The van der Waals surface area contributed by atoms with Crippen molar-refractivity contribution in [1.29, 1.82) is 0 Å². The third-order valence-corrected chi connectivity index (χ3v) is 6.72. The monoisotopic (exact) mass is 358 g/mol. The van der Waals surface area contributed by atoms with Gasteiger partial charge < -0.3 is 14.9 Å². The average molecular weight is 358 g/mol. The zero-order chi connectivity index (χ0) is 17.4. The Morgan fingerprint density at radius 1 is 1.36 bits per heavy atom. The minimum Gasteiger partial charge on any atom is -0.353 e. The Balaban J connectivity index is 1.50. The first-order valence-electron chi connectivity index (χ1n) is 8.55. The minimum absolute atomic E-state index is 0.0757. The Bertz CT molecular complexity index is 1000. The molecule has 1 saturated heterocycles. The molecule has 1 aromatic carbocycles. The molecule has 2 aromatic heterocycles. The summed E-state index contributed by atoms with van der Waals surface area (Å²) < 4.78 is 25.2. The Morgan fingerprint density at radius 3 is 2.96 bits per heavy atom. The molecule has 3 aromatic rings. The van der Waals surface area contributed by atoms with Gasteiger partial charge in [0.1, 0.15) is 0 Å². The highest BCUT2D eigenvalue weighted by Gasteiger charge is 2.27. The molecule has 1 aliphatic rings. The van der Waals surface area contributed by atoms with E-state index in [1.54, 1.807) is 0 Å². The minimum atomic E-state index is -2.84. The summed E-state index contributed by atoms with van der Waals surface area (Å²) in [5.74, 6) is 0.556. The molecule has 0 amide bonds. The van der Waals surface area contributed by atoms with Crippen molar-refractivity contribution in [1.82, 2.24) is 19.9 Å². The van der Waals surface area contributed by atoms with Crippen molar-refractivity contribution in [3.05, 3.63) is 42.4 Å². The normalized spacial score (nSPS) is 19.6. The number of H-pyrrole nitrogens is 1. The van der Waals surface area contributed by atoms with Crippen LogP contribution in [0.25, 0.3) is 22.3 Å². The van der Waals surface area contributed by atoms with E-state index in [4.69, 9.17) is 0 Å². The lowest BCUT2D eigenvalue weighted by molar-refractivity contribution is 0.521. The van der Waals surface area contributed by atoms with Crippen LogP contribution in [0.2, 0.25) is 0 Å².